The van der Waals surface area contributed by atoms with Crippen LogP contribution >= 0.6 is 11.8 Å². The Morgan fingerprint density at radius 2 is 2.05 bits per heavy atom. The summed E-state index contributed by atoms with van der Waals surface area (Å²) >= 11 is 2.14. The van der Waals surface area contributed by atoms with E-state index in [-0.39, 0.29) is 0 Å². The summed E-state index contributed by atoms with van der Waals surface area (Å²) in [6.45, 7) is 10.5. The van der Waals surface area contributed by atoms with Gasteiger partial charge in [-0.1, -0.05) is 40.0 Å². The molecule has 2 atom stereocenters. The molecule has 0 radical (unpaired) electrons. The van der Waals surface area contributed by atoms with Crippen LogP contribution in [0.4, 0.5) is 0 Å². The van der Waals surface area contributed by atoms with E-state index in [4.69, 9.17) is 5.73 Å². The number of hydrogen-bond acceptors (Lipinski definition) is 3. The number of thioether (sulfide) groups is 1. The van der Waals surface area contributed by atoms with Crippen LogP contribution in [0, 0.1) is 5.92 Å². The Hall–Kier alpha value is 0.270. The lowest BCUT2D eigenvalue weighted by molar-refractivity contribution is 0.0389. The fourth-order valence-corrected chi connectivity index (χ4v) is 5.01. The summed E-state index contributed by atoms with van der Waals surface area (Å²) in [5.74, 6) is 2.17. The molecule has 2 aliphatic rings. The summed E-state index contributed by atoms with van der Waals surface area (Å²) in [5.41, 5.74) is 6.58. The smallest absolute Gasteiger partial charge is 0.0334 e. The first-order chi connectivity index (χ1) is 9.01. The molecule has 0 aromatic carbocycles. The summed E-state index contributed by atoms with van der Waals surface area (Å²) in [6, 6.07) is 0. The minimum Gasteiger partial charge on any atom is -0.329 e. The van der Waals surface area contributed by atoms with Crippen molar-refractivity contribution in [3.05, 3.63) is 0 Å². The van der Waals surface area contributed by atoms with E-state index in [1.807, 2.05) is 0 Å². The van der Waals surface area contributed by atoms with Crippen molar-refractivity contribution in [2.24, 2.45) is 11.7 Å². The fraction of sp³-hybridized carbons (Fsp3) is 1.00. The lowest BCUT2D eigenvalue weighted by Gasteiger charge is -2.48. The van der Waals surface area contributed by atoms with E-state index in [9.17, 15) is 0 Å². The highest BCUT2D eigenvalue weighted by Gasteiger charge is 2.41. The zero-order valence-corrected chi connectivity index (χ0v) is 13.9. The van der Waals surface area contributed by atoms with Gasteiger partial charge in [-0.25, -0.2) is 0 Å². The summed E-state index contributed by atoms with van der Waals surface area (Å²) < 4.78 is 0.448. The predicted molar refractivity (Wildman–Crippen MR) is 86.8 cm³/mol. The van der Waals surface area contributed by atoms with E-state index in [0.717, 1.165) is 12.5 Å². The van der Waals surface area contributed by atoms with Gasteiger partial charge in [0.25, 0.3) is 0 Å². The van der Waals surface area contributed by atoms with Crippen molar-refractivity contribution in [3.63, 3.8) is 0 Å². The van der Waals surface area contributed by atoms with Crippen molar-refractivity contribution in [3.8, 4) is 0 Å². The van der Waals surface area contributed by atoms with Gasteiger partial charge in [0.1, 0.15) is 0 Å². The number of nitrogens with two attached hydrogens (primary N) is 1. The van der Waals surface area contributed by atoms with Crippen LogP contribution in [0.25, 0.3) is 0 Å². The number of hydrogen-bond donors (Lipinski definition) is 1. The van der Waals surface area contributed by atoms with E-state index in [2.05, 4.69) is 37.4 Å². The monoisotopic (exact) mass is 284 g/mol. The highest BCUT2D eigenvalue weighted by molar-refractivity contribution is 8.00. The van der Waals surface area contributed by atoms with Crippen LogP contribution < -0.4 is 5.73 Å². The third kappa shape index (κ3) is 3.68. The molecule has 1 aliphatic carbocycles. The molecule has 0 aromatic heterocycles. The third-order valence-corrected chi connectivity index (χ3v) is 6.76. The Morgan fingerprint density at radius 3 is 2.74 bits per heavy atom. The molecule has 1 saturated carbocycles. The van der Waals surface area contributed by atoms with Gasteiger partial charge in [0.15, 0.2) is 0 Å². The number of nitrogens with zero attached hydrogens (tertiary/aromatic N) is 1. The van der Waals surface area contributed by atoms with Crippen molar-refractivity contribution in [2.45, 2.75) is 69.6 Å². The average molecular weight is 285 g/mol. The van der Waals surface area contributed by atoms with Gasteiger partial charge in [-0.15, -0.1) is 0 Å². The molecule has 1 aliphatic heterocycles. The van der Waals surface area contributed by atoms with Gasteiger partial charge in [-0.3, -0.25) is 4.90 Å². The van der Waals surface area contributed by atoms with E-state index < -0.39 is 0 Å². The van der Waals surface area contributed by atoms with E-state index in [0.29, 0.717) is 10.3 Å². The van der Waals surface area contributed by atoms with Crippen LogP contribution in [0.2, 0.25) is 0 Å². The van der Waals surface area contributed by atoms with Crippen LogP contribution in [0.3, 0.4) is 0 Å². The molecule has 3 heteroatoms. The minimum atomic E-state index is 0.319. The van der Waals surface area contributed by atoms with Gasteiger partial charge in [-0.05, 0) is 25.2 Å². The molecular formula is C16H32N2S. The molecule has 2 N–H and O–H groups in total. The van der Waals surface area contributed by atoms with E-state index in [1.165, 1.54) is 57.4 Å². The van der Waals surface area contributed by atoms with Gasteiger partial charge in [-0.2, -0.15) is 11.8 Å². The summed E-state index contributed by atoms with van der Waals surface area (Å²) in [5, 5.41) is 0. The van der Waals surface area contributed by atoms with Crippen molar-refractivity contribution in [2.75, 3.05) is 25.4 Å². The Kier molecular flexibility index (Phi) is 5.24. The zero-order chi connectivity index (χ0) is 13.9. The Balaban J connectivity index is 2.07. The molecule has 0 aromatic rings. The molecule has 2 nitrogen and oxygen atoms in total. The second-order valence-corrected chi connectivity index (χ2v) is 8.95. The Bertz CT molecular complexity index is 292. The Morgan fingerprint density at radius 1 is 1.26 bits per heavy atom. The molecular weight excluding hydrogens is 252 g/mol. The van der Waals surface area contributed by atoms with E-state index >= 15 is 0 Å². The SMILES string of the molecule is CCC1CCCC(CN)(N2CCSC(C)(C)CC2)C1. The summed E-state index contributed by atoms with van der Waals surface area (Å²) in [4.78, 5) is 2.76. The highest BCUT2D eigenvalue weighted by Crippen LogP contribution is 2.40. The van der Waals surface area contributed by atoms with Gasteiger partial charge >= 0.3 is 0 Å². The molecule has 112 valence electrons. The van der Waals surface area contributed by atoms with Crippen molar-refractivity contribution in [1.82, 2.24) is 4.90 Å². The van der Waals surface area contributed by atoms with Crippen molar-refractivity contribution >= 4 is 11.8 Å². The van der Waals surface area contributed by atoms with Crippen molar-refractivity contribution in [1.29, 1.82) is 0 Å². The highest BCUT2D eigenvalue weighted by atomic mass is 32.2. The maximum absolute atomic E-state index is 6.26. The van der Waals surface area contributed by atoms with Crippen LogP contribution in [-0.2, 0) is 0 Å². The first-order valence-corrected chi connectivity index (χ1v) is 9.09. The minimum absolute atomic E-state index is 0.319. The van der Waals surface area contributed by atoms with Gasteiger partial charge in [0, 0.05) is 35.7 Å². The summed E-state index contributed by atoms with van der Waals surface area (Å²) in [7, 11) is 0. The number of rotatable bonds is 3. The first kappa shape index (κ1) is 15.7. The van der Waals surface area contributed by atoms with Crippen LogP contribution in [0.15, 0.2) is 0 Å². The molecule has 19 heavy (non-hydrogen) atoms. The molecule has 1 heterocycles. The lowest BCUT2D eigenvalue weighted by atomic mass is 9.73. The topological polar surface area (TPSA) is 29.3 Å². The maximum Gasteiger partial charge on any atom is 0.0334 e. The molecule has 2 rings (SSSR count). The summed E-state index contributed by atoms with van der Waals surface area (Å²) in [6.07, 6.45) is 8.09. The molecule has 0 bridgehead atoms. The standard InChI is InChI=1S/C16H32N2S/c1-4-14-6-5-7-16(12-14,13-17)18-9-8-15(2,3)19-11-10-18/h14H,4-13,17H2,1-3H3. The predicted octanol–water partition coefficient (Wildman–Crippen LogP) is 3.50. The van der Waals surface area contributed by atoms with Gasteiger partial charge < -0.3 is 5.73 Å². The molecule has 2 fully saturated rings. The molecule has 1 saturated heterocycles. The second-order valence-electron chi connectivity index (χ2n) is 7.14. The van der Waals surface area contributed by atoms with Gasteiger partial charge in [0.2, 0.25) is 0 Å². The lowest BCUT2D eigenvalue weighted by Crippen LogP contribution is -2.57. The third-order valence-electron chi connectivity index (χ3n) is 5.39. The largest absolute Gasteiger partial charge is 0.329 e. The van der Waals surface area contributed by atoms with E-state index in [1.54, 1.807) is 0 Å². The first-order valence-electron chi connectivity index (χ1n) is 8.10. The molecule has 0 amide bonds. The maximum atomic E-state index is 6.26. The zero-order valence-electron chi connectivity index (χ0n) is 13.1. The average Bonchev–Trinajstić information content (AvgIpc) is 2.60. The molecule has 0 spiro atoms. The normalized spacial score (nSPS) is 36.9. The molecule has 2 unspecified atom stereocenters. The second kappa shape index (κ2) is 6.36. The van der Waals surface area contributed by atoms with Crippen molar-refractivity contribution < 1.29 is 0 Å². The van der Waals surface area contributed by atoms with Gasteiger partial charge in [0.05, 0.1) is 0 Å². The quantitative estimate of drug-likeness (QED) is 0.860. The van der Waals surface area contributed by atoms with Crippen LogP contribution in [0.1, 0.15) is 59.3 Å². The van der Waals surface area contributed by atoms with Crippen LogP contribution in [-0.4, -0.2) is 40.6 Å². The fourth-order valence-electron chi connectivity index (χ4n) is 3.91. The van der Waals surface area contributed by atoms with Crippen LogP contribution in [0.5, 0.6) is 0 Å². The Labute approximate surface area is 123 Å².